The Labute approximate surface area is 195 Å². The SMILES string of the molecule is CCn1cc(C(=O)O)c(=O)c2cc(F)c(N3CCN(C/C(=N\OC)c4ccccc4)CC3)nc21. The summed E-state index contributed by atoms with van der Waals surface area (Å²) >= 11 is 0. The van der Waals surface area contributed by atoms with E-state index in [1.165, 1.54) is 13.3 Å². The predicted octanol–water partition coefficient (Wildman–Crippen LogP) is 2.43. The summed E-state index contributed by atoms with van der Waals surface area (Å²) in [6, 6.07) is 10.9. The summed E-state index contributed by atoms with van der Waals surface area (Å²) in [7, 11) is 1.52. The second-order valence-electron chi connectivity index (χ2n) is 7.98. The molecule has 9 nitrogen and oxygen atoms in total. The largest absolute Gasteiger partial charge is 0.477 e. The summed E-state index contributed by atoms with van der Waals surface area (Å²) in [5.74, 6) is -1.83. The van der Waals surface area contributed by atoms with Crippen molar-refractivity contribution >= 4 is 28.5 Å². The highest BCUT2D eigenvalue weighted by Crippen LogP contribution is 2.23. The predicted molar refractivity (Wildman–Crippen MR) is 127 cm³/mol. The Bertz CT molecular complexity index is 1280. The van der Waals surface area contributed by atoms with Crippen molar-refractivity contribution < 1.29 is 19.1 Å². The normalized spacial score (nSPS) is 15.0. The van der Waals surface area contributed by atoms with Gasteiger partial charge in [0.2, 0.25) is 5.43 Å². The van der Waals surface area contributed by atoms with Gasteiger partial charge in [0.05, 0.1) is 5.39 Å². The van der Waals surface area contributed by atoms with Crippen molar-refractivity contribution in [1.29, 1.82) is 0 Å². The molecule has 1 fully saturated rings. The van der Waals surface area contributed by atoms with Crippen LogP contribution in [0.4, 0.5) is 10.2 Å². The summed E-state index contributed by atoms with van der Waals surface area (Å²) in [6.45, 7) is 5.18. The zero-order valence-corrected chi connectivity index (χ0v) is 19.1. The molecule has 0 radical (unpaired) electrons. The molecule has 1 saturated heterocycles. The van der Waals surface area contributed by atoms with E-state index >= 15 is 4.39 Å². The number of benzene rings is 1. The van der Waals surface area contributed by atoms with Crippen LogP contribution in [-0.2, 0) is 11.4 Å². The van der Waals surface area contributed by atoms with Gasteiger partial charge in [-0.25, -0.2) is 14.2 Å². The lowest BCUT2D eigenvalue weighted by Crippen LogP contribution is -2.48. The molecule has 3 aromatic rings. The molecule has 4 rings (SSSR count). The molecule has 1 aliphatic rings. The van der Waals surface area contributed by atoms with Gasteiger partial charge in [-0.15, -0.1) is 0 Å². The summed E-state index contributed by atoms with van der Waals surface area (Å²) in [5, 5.41) is 13.4. The maximum absolute atomic E-state index is 15.0. The number of hydrogen-bond acceptors (Lipinski definition) is 7. The number of carboxylic acids is 1. The van der Waals surface area contributed by atoms with Crippen molar-refractivity contribution in [3.05, 3.63) is 69.8 Å². The summed E-state index contributed by atoms with van der Waals surface area (Å²) in [6.07, 6.45) is 1.26. The van der Waals surface area contributed by atoms with Crippen molar-refractivity contribution in [1.82, 2.24) is 14.5 Å². The topological polar surface area (TPSA) is 100 Å². The highest BCUT2D eigenvalue weighted by molar-refractivity contribution is 6.01. The molecular formula is C24H26FN5O4. The number of halogens is 1. The van der Waals surface area contributed by atoms with Gasteiger partial charge in [-0.3, -0.25) is 9.69 Å². The zero-order chi connectivity index (χ0) is 24.2. The van der Waals surface area contributed by atoms with Gasteiger partial charge in [-0.2, -0.15) is 0 Å². The van der Waals surface area contributed by atoms with Crippen LogP contribution in [0, 0.1) is 5.82 Å². The number of oxime groups is 1. The highest BCUT2D eigenvalue weighted by atomic mass is 19.1. The van der Waals surface area contributed by atoms with Crippen LogP contribution in [0.3, 0.4) is 0 Å². The number of hydrogen-bond donors (Lipinski definition) is 1. The van der Waals surface area contributed by atoms with Gasteiger partial charge in [-0.1, -0.05) is 35.5 Å². The van der Waals surface area contributed by atoms with Crippen molar-refractivity contribution in [2.75, 3.05) is 44.7 Å². The van der Waals surface area contributed by atoms with E-state index < -0.39 is 22.8 Å². The van der Waals surface area contributed by atoms with Gasteiger partial charge in [0.25, 0.3) is 0 Å². The third-order valence-corrected chi connectivity index (χ3v) is 5.91. The first-order valence-corrected chi connectivity index (χ1v) is 11.0. The number of carboxylic acid groups (broad SMARTS) is 1. The molecule has 0 unspecified atom stereocenters. The van der Waals surface area contributed by atoms with E-state index in [0.29, 0.717) is 39.3 Å². The number of nitrogens with zero attached hydrogens (tertiary/aromatic N) is 5. The van der Waals surface area contributed by atoms with Crippen LogP contribution >= 0.6 is 0 Å². The van der Waals surface area contributed by atoms with Crippen LogP contribution in [0.5, 0.6) is 0 Å². The summed E-state index contributed by atoms with van der Waals surface area (Å²) in [5.41, 5.74) is 0.930. The molecule has 1 aromatic carbocycles. The Kier molecular flexibility index (Phi) is 6.87. The maximum Gasteiger partial charge on any atom is 0.341 e. The lowest BCUT2D eigenvalue weighted by atomic mass is 10.1. The number of aryl methyl sites for hydroxylation is 1. The van der Waals surface area contributed by atoms with Crippen LogP contribution in [0.15, 0.2) is 52.5 Å². The highest BCUT2D eigenvalue weighted by Gasteiger charge is 2.24. The van der Waals surface area contributed by atoms with Crippen molar-refractivity contribution in [2.24, 2.45) is 5.16 Å². The van der Waals surface area contributed by atoms with E-state index in [1.807, 2.05) is 42.2 Å². The van der Waals surface area contributed by atoms with E-state index in [0.717, 1.165) is 17.3 Å². The maximum atomic E-state index is 15.0. The fourth-order valence-corrected chi connectivity index (χ4v) is 4.13. The number of pyridine rings is 2. The molecule has 0 aliphatic carbocycles. The second kappa shape index (κ2) is 10.0. The smallest absolute Gasteiger partial charge is 0.341 e. The molecule has 3 heterocycles. The second-order valence-corrected chi connectivity index (χ2v) is 7.98. The molecule has 10 heteroatoms. The number of anilines is 1. The molecule has 2 aromatic heterocycles. The van der Waals surface area contributed by atoms with Gasteiger partial charge in [0.15, 0.2) is 11.6 Å². The van der Waals surface area contributed by atoms with Crippen LogP contribution in [-0.4, -0.2) is 71.1 Å². The van der Waals surface area contributed by atoms with Gasteiger partial charge >= 0.3 is 5.97 Å². The molecule has 178 valence electrons. The fourth-order valence-electron chi connectivity index (χ4n) is 4.13. The Hall–Kier alpha value is -3.79. The van der Waals surface area contributed by atoms with E-state index in [9.17, 15) is 14.7 Å². The first-order chi connectivity index (χ1) is 16.4. The molecule has 0 bridgehead atoms. The average Bonchev–Trinajstić information content (AvgIpc) is 2.85. The number of carbonyl (C=O) groups is 1. The Balaban J connectivity index is 1.56. The minimum atomic E-state index is -1.35. The Morgan fingerprint density at radius 2 is 1.91 bits per heavy atom. The summed E-state index contributed by atoms with van der Waals surface area (Å²) in [4.78, 5) is 37.5. The summed E-state index contributed by atoms with van der Waals surface area (Å²) < 4.78 is 16.6. The first-order valence-electron chi connectivity index (χ1n) is 11.0. The molecule has 0 atom stereocenters. The number of rotatable bonds is 7. The molecule has 34 heavy (non-hydrogen) atoms. The van der Waals surface area contributed by atoms with Crippen LogP contribution in [0.2, 0.25) is 0 Å². The van der Waals surface area contributed by atoms with Gasteiger partial charge < -0.3 is 19.4 Å². The first kappa shape index (κ1) is 23.4. The monoisotopic (exact) mass is 467 g/mol. The number of fused-ring (bicyclic) bond motifs is 1. The Morgan fingerprint density at radius 3 is 2.53 bits per heavy atom. The van der Waals surface area contributed by atoms with Gasteiger partial charge in [-0.05, 0) is 13.0 Å². The Morgan fingerprint density at radius 1 is 1.21 bits per heavy atom. The lowest BCUT2D eigenvalue weighted by Gasteiger charge is -2.35. The fraction of sp³-hybridized carbons (Fsp3) is 0.333. The third kappa shape index (κ3) is 4.62. The zero-order valence-electron chi connectivity index (χ0n) is 19.1. The quantitative estimate of drug-likeness (QED) is 0.421. The molecule has 0 amide bonds. The van der Waals surface area contributed by atoms with Crippen molar-refractivity contribution in [3.63, 3.8) is 0 Å². The van der Waals surface area contributed by atoms with Crippen LogP contribution in [0.1, 0.15) is 22.8 Å². The van der Waals surface area contributed by atoms with Crippen molar-refractivity contribution in [3.8, 4) is 0 Å². The molecule has 0 spiro atoms. The third-order valence-electron chi connectivity index (χ3n) is 5.91. The van der Waals surface area contributed by atoms with Crippen LogP contribution in [0.25, 0.3) is 11.0 Å². The molecule has 1 aliphatic heterocycles. The lowest BCUT2D eigenvalue weighted by molar-refractivity contribution is 0.0695. The number of aromatic carboxylic acids is 1. The van der Waals surface area contributed by atoms with Gasteiger partial charge in [0, 0.05) is 51.0 Å². The van der Waals surface area contributed by atoms with Crippen molar-refractivity contribution in [2.45, 2.75) is 13.5 Å². The average molecular weight is 468 g/mol. The van der Waals surface area contributed by atoms with Crippen LogP contribution < -0.4 is 10.3 Å². The standard InChI is InChI=1S/C24H26FN5O4/c1-3-29-14-18(24(32)33)21(31)17-13-19(25)23(26-22(17)29)30-11-9-28(10-12-30)15-20(27-34-2)16-7-5-4-6-8-16/h4-8,13-14H,3,9-12,15H2,1-2H3,(H,32,33)/b27-20+. The molecule has 1 N–H and O–H groups in total. The van der Waals surface area contributed by atoms with E-state index in [-0.39, 0.29) is 16.9 Å². The van der Waals surface area contributed by atoms with Gasteiger partial charge in [0.1, 0.15) is 24.0 Å². The number of piperazine rings is 1. The van der Waals surface area contributed by atoms with E-state index in [1.54, 1.807) is 4.57 Å². The van der Waals surface area contributed by atoms with E-state index in [4.69, 9.17) is 4.84 Å². The minimum absolute atomic E-state index is 0.0371. The van der Waals surface area contributed by atoms with E-state index in [2.05, 4.69) is 15.0 Å². The minimum Gasteiger partial charge on any atom is -0.477 e. The number of aromatic nitrogens is 2. The molecule has 0 saturated carbocycles. The molecular weight excluding hydrogens is 441 g/mol.